The van der Waals surface area contributed by atoms with Crippen LogP contribution in [0.15, 0.2) is 5.38 Å². The minimum atomic E-state index is -1.37. The third-order valence-electron chi connectivity index (χ3n) is 5.07. The van der Waals surface area contributed by atoms with Crippen molar-refractivity contribution in [3.05, 3.63) is 10.7 Å². The highest BCUT2D eigenvalue weighted by atomic mass is 35.5. The van der Waals surface area contributed by atoms with Gasteiger partial charge in [0.05, 0.1) is 36.2 Å². The number of alkyl halides is 1. The van der Waals surface area contributed by atoms with Gasteiger partial charge in [0.15, 0.2) is 5.82 Å². The molecule has 0 spiro atoms. The number of amides is 2. The molecule has 9 nitrogen and oxygen atoms in total. The van der Waals surface area contributed by atoms with Crippen molar-refractivity contribution in [3.8, 4) is 0 Å². The topological polar surface area (TPSA) is 108 Å². The van der Waals surface area contributed by atoms with Crippen molar-refractivity contribution in [2.45, 2.75) is 31.6 Å². The molecule has 2 fully saturated rings. The summed E-state index contributed by atoms with van der Waals surface area (Å²) in [5.74, 6) is 0.0708. The summed E-state index contributed by atoms with van der Waals surface area (Å²) >= 11 is 7.50. The minimum absolute atomic E-state index is 0.0388. The summed E-state index contributed by atoms with van der Waals surface area (Å²) in [6.45, 7) is 3.49. The van der Waals surface area contributed by atoms with Crippen LogP contribution in [-0.4, -0.2) is 76.5 Å². The van der Waals surface area contributed by atoms with Crippen molar-refractivity contribution in [1.82, 2.24) is 14.9 Å². The van der Waals surface area contributed by atoms with Gasteiger partial charge in [0.25, 0.3) is 0 Å². The Hall–Kier alpha value is -2.24. The van der Waals surface area contributed by atoms with Crippen molar-refractivity contribution >= 4 is 56.7 Å². The van der Waals surface area contributed by atoms with E-state index >= 15 is 0 Å². The predicted molar refractivity (Wildman–Crippen MR) is 107 cm³/mol. The third kappa shape index (κ3) is 3.81. The normalized spacial score (nSPS) is 24.9. The molecule has 156 valence electrons. The lowest BCUT2D eigenvalue weighted by Gasteiger charge is -2.34. The SMILES string of the molecule is C[C@@H]1COCCN1c1nc(Cl)nc2c(NC(=O)[C@@H]3C[C@H](F)CN3C(=O)O)csc12. The van der Waals surface area contributed by atoms with E-state index in [1.165, 1.54) is 11.3 Å². The highest BCUT2D eigenvalue weighted by Gasteiger charge is 2.40. The number of ether oxygens (including phenoxy) is 1. The number of carbonyl (C=O) groups is 2. The number of morpholine rings is 1. The maximum atomic E-state index is 13.7. The Morgan fingerprint density at radius 3 is 2.97 bits per heavy atom. The fourth-order valence-corrected chi connectivity index (χ4v) is 4.77. The fraction of sp³-hybridized carbons (Fsp3) is 0.529. The molecule has 2 aromatic heterocycles. The zero-order valence-electron chi connectivity index (χ0n) is 15.5. The number of aromatic nitrogens is 2. The van der Waals surface area contributed by atoms with Crippen molar-refractivity contribution in [3.63, 3.8) is 0 Å². The number of carbonyl (C=O) groups excluding carboxylic acids is 1. The Bertz CT molecular complexity index is 959. The number of halogens is 2. The van der Waals surface area contributed by atoms with Gasteiger partial charge in [-0.05, 0) is 18.5 Å². The Balaban J connectivity index is 1.64. The Kier molecular flexibility index (Phi) is 5.45. The van der Waals surface area contributed by atoms with Gasteiger partial charge in [-0.25, -0.2) is 14.2 Å². The largest absolute Gasteiger partial charge is 0.465 e. The summed E-state index contributed by atoms with van der Waals surface area (Å²) in [6.07, 6.45) is -2.87. The predicted octanol–water partition coefficient (Wildman–Crippen LogP) is 2.60. The molecule has 2 aromatic rings. The number of hydrogen-bond donors (Lipinski definition) is 2. The number of carboxylic acid groups (broad SMARTS) is 1. The number of fused-ring (bicyclic) bond motifs is 1. The molecule has 4 rings (SSSR count). The van der Waals surface area contributed by atoms with Crippen LogP contribution in [0.1, 0.15) is 13.3 Å². The number of nitrogens with one attached hydrogen (secondary N) is 1. The number of hydrogen-bond acceptors (Lipinski definition) is 7. The third-order valence-corrected chi connectivity index (χ3v) is 6.20. The van der Waals surface area contributed by atoms with E-state index in [9.17, 15) is 19.1 Å². The maximum Gasteiger partial charge on any atom is 0.408 e. The zero-order chi connectivity index (χ0) is 20.7. The molecular weight excluding hydrogens is 425 g/mol. The Morgan fingerprint density at radius 1 is 1.45 bits per heavy atom. The summed E-state index contributed by atoms with van der Waals surface area (Å²) in [6, 6.07) is -0.990. The Labute approximate surface area is 174 Å². The maximum absolute atomic E-state index is 13.7. The van der Waals surface area contributed by atoms with Crippen molar-refractivity contribution in [2.24, 2.45) is 0 Å². The average molecular weight is 444 g/mol. The molecule has 2 saturated heterocycles. The van der Waals surface area contributed by atoms with Crippen LogP contribution in [0.5, 0.6) is 0 Å². The van der Waals surface area contributed by atoms with E-state index in [0.717, 1.165) is 9.60 Å². The summed E-state index contributed by atoms with van der Waals surface area (Å²) in [4.78, 5) is 35.5. The van der Waals surface area contributed by atoms with Crippen molar-refractivity contribution in [2.75, 3.05) is 36.5 Å². The quantitative estimate of drug-likeness (QED) is 0.702. The second-order valence-electron chi connectivity index (χ2n) is 7.03. The lowest BCUT2D eigenvalue weighted by atomic mass is 10.2. The Morgan fingerprint density at radius 2 is 2.24 bits per heavy atom. The molecule has 0 radical (unpaired) electrons. The van der Waals surface area contributed by atoms with Gasteiger partial charge in [-0.3, -0.25) is 9.69 Å². The van der Waals surface area contributed by atoms with E-state index < -0.39 is 24.2 Å². The van der Waals surface area contributed by atoms with E-state index in [1.807, 2.05) is 6.92 Å². The van der Waals surface area contributed by atoms with Crippen LogP contribution in [0.3, 0.4) is 0 Å². The molecule has 3 atom stereocenters. The molecule has 2 aliphatic rings. The van der Waals surface area contributed by atoms with E-state index in [4.69, 9.17) is 16.3 Å². The average Bonchev–Trinajstić information content (AvgIpc) is 3.25. The summed E-state index contributed by atoms with van der Waals surface area (Å²) in [5, 5.41) is 13.6. The summed E-state index contributed by atoms with van der Waals surface area (Å²) < 4.78 is 19.9. The van der Waals surface area contributed by atoms with Gasteiger partial charge in [-0.1, -0.05) is 0 Å². The smallest absolute Gasteiger partial charge is 0.408 e. The van der Waals surface area contributed by atoms with Crippen LogP contribution in [-0.2, 0) is 9.53 Å². The molecule has 0 saturated carbocycles. The number of nitrogens with zero attached hydrogens (tertiary/aromatic N) is 4. The van der Waals surface area contributed by atoms with Crippen molar-refractivity contribution < 1.29 is 23.8 Å². The van der Waals surface area contributed by atoms with Crippen LogP contribution in [0.4, 0.5) is 20.7 Å². The van der Waals surface area contributed by atoms with Crippen LogP contribution in [0.2, 0.25) is 5.28 Å². The second-order valence-corrected chi connectivity index (χ2v) is 8.25. The van der Waals surface area contributed by atoms with Gasteiger partial charge < -0.3 is 20.1 Å². The first-order valence-electron chi connectivity index (χ1n) is 9.08. The first kappa shape index (κ1) is 20.0. The zero-order valence-corrected chi connectivity index (χ0v) is 17.0. The van der Waals surface area contributed by atoms with Crippen molar-refractivity contribution in [1.29, 1.82) is 0 Å². The number of thiophene rings is 1. The van der Waals surface area contributed by atoms with Gasteiger partial charge in [0.2, 0.25) is 11.2 Å². The molecule has 4 heterocycles. The van der Waals surface area contributed by atoms with Gasteiger partial charge >= 0.3 is 6.09 Å². The first-order valence-corrected chi connectivity index (χ1v) is 10.3. The summed E-state index contributed by atoms with van der Waals surface area (Å²) in [7, 11) is 0. The van der Waals surface area contributed by atoms with Crippen LogP contribution < -0.4 is 10.2 Å². The first-order chi connectivity index (χ1) is 13.8. The van der Waals surface area contributed by atoms with E-state index in [1.54, 1.807) is 5.38 Å². The molecule has 29 heavy (non-hydrogen) atoms. The fourth-order valence-electron chi connectivity index (χ4n) is 3.66. The molecule has 12 heteroatoms. The lowest BCUT2D eigenvalue weighted by molar-refractivity contribution is -0.119. The van der Waals surface area contributed by atoms with Gasteiger partial charge in [0.1, 0.15) is 17.7 Å². The molecule has 0 unspecified atom stereocenters. The molecule has 0 bridgehead atoms. The number of anilines is 2. The van der Waals surface area contributed by atoms with E-state index in [0.29, 0.717) is 36.8 Å². The van der Waals surface area contributed by atoms with E-state index in [-0.39, 0.29) is 24.3 Å². The minimum Gasteiger partial charge on any atom is -0.465 e. The standard InChI is InChI=1S/C17H19ClFN5O4S/c1-8-6-28-3-2-23(8)14-13-12(21-16(18)22-14)10(7-29-13)20-15(25)11-4-9(19)5-24(11)17(26)27/h7-9,11H,2-6H2,1H3,(H,20,25)(H,26,27)/t8-,9+,11+/m1/s1. The molecular formula is C17H19ClFN5O4S. The van der Waals surface area contributed by atoms with Crippen LogP contribution in [0, 0.1) is 0 Å². The second kappa shape index (κ2) is 7.88. The highest BCUT2D eigenvalue weighted by molar-refractivity contribution is 7.18. The monoisotopic (exact) mass is 443 g/mol. The molecule has 2 amide bonds. The van der Waals surface area contributed by atoms with Gasteiger partial charge in [-0.15, -0.1) is 11.3 Å². The summed E-state index contributed by atoms with van der Waals surface area (Å²) in [5.41, 5.74) is 0.864. The highest BCUT2D eigenvalue weighted by Crippen LogP contribution is 2.37. The van der Waals surface area contributed by atoms with Crippen LogP contribution in [0.25, 0.3) is 10.2 Å². The van der Waals surface area contributed by atoms with Crippen LogP contribution >= 0.6 is 22.9 Å². The molecule has 2 N–H and O–H groups in total. The van der Waals surface area contributed by atoms with E-state index in [2.05, 4.69) is 20.2 Å². The lowest BCUT2D eigenvalue weighted by Crippen LogP contribution is -2.44. The molecule has 2 aliphatic heterocycles. The van der Waals surface area contributed by atoms with Gasteiger partial charge in [-0.2, -0.15) is 4.98 Å². The number of likely N-dealkylation sites (tertiary alicyclic amines) is 1. The van der Waals surface area contributed by atoms with Gasteiger partial charge in [0, 0.05) is 18.3 Å². The number of rotatable bonds is 3. The molecule has 0 aliphatic carbocycles. The molecule has 0 aromatic carbocycles.